The lowest BCUT2D eigenvalue weighted by Crippen LogP contribution is -2.45. The molecule has 0 bridgehead atoms. The Labute approximate surface area is 224 Å². The van der Waals surface area contributed by atoms with Gasteiger partial charge in [-0.15, -0.1) is 0 Å². The number of hydrogen-bond donors (Lipinski definition) is 1. The van der Waals surface area contributed by atoms with Crippen LogP contribution in [0, 0.1) is 13.8 Å². The number of benzene rings is 2. The normalized spacial score (nSPS) is 13.4. The first-order chi connectivity index (χ1) is 17.6. The van der Waals surface area contributed by atoms with Crippen LogP contribution >= 0.6 is 23.2 Å². The summed E-state index contributed by atoms with van der Waals surface area (Å²) in [5.74, 6) is -1.02. The fourth-order valence-electron chi connectivity index (χ4n) is 4.38. The Kier molecular flexibility index (Phi) is 7.75. The number of primary amides is 1. The molecule has 4 rings (SSSR count). The maximum absolute atomic E-state index is 13.1. The van der Waals surface area contributed by atoms with E-state index in [0.29, 0.717) is 32.6 Å². The molecule has 2 amide bonds. The third kappa shape index (κ3) is 5.28. The van der Waals surface area contributed by atoms with Crippen LogP contribution in [-0.2, 0) is 27.5 Å². The number of aromatic nitrogens is 2. The number of amides is 2. The Bertz CT molecular complexity index is 1360. The maximum atomic E-state index is 13.1. The van der Waals surface area contributed by atoms with Crippen LogP contribution in [0.25, 0.3) is 5.69 Å². The molecule has 2 heterocycles. The van der Waals surface area contributed by atoms with Crippen LogP contribution in [-0.4, -0.2) is 45.6 Å². The van der Waals surface area contributed by atoms with E-state index in [0.717, 1.165) is 16.8 Å². The number of fused-ring (bicyclic) bond motifs is 1. The van der Waals surface area contributed by atoms with Gasteiger partial charge in [-0.25, -0.2) is 4.68 Å². The van der Waals surface area contributed by atoms with Gasteiger partial charge in [-0.05, 0) is 50.1 Å². The highest BCUT2D eigenvalue weighted by Crippen LogP contribution is 2.34. The zero-order valence-electron chi connectivity index (χ0n) is 20.6. The van der Waals surface area contributed by atoms with Gasteiger partial charge < -0.3 is 20.1 Å². The van der Waals surface area contributed by atoms with Crippen molar-refractivity contribution in [3.63, 3.8) is 0 Å². The van der Waals surface area contributed by atoms with Gasteiger partial charge in [-0.2, -0.15) is 5.10 Å². The molecular weight excluding hydrogens is 519 g/mol. The van der Waals surface area contributed by atoms with E-state index in [4.69, 9.17) is 33.7 Å². The summed E-state index contributed by atoms with van der Waals surface area (Å²) in [6.07, 6.45) is 1.71. The molecule has 194 valence electrons. The summed E-state index contributed by atoms with van der Waals surface area (Å²) in [7, 11) is 1.26. The molecule has 0 fully saturated rings. The van der Waals surface area contributed by atoms with Crippen LogP contribution in [0.3, 0.4) is 0 Å². The first-order valence-corrected chi connectivity index (χ1v) is 12.3. The molecule has 0 saturated carbocycles. The molecule has 1 unspecified atom stereocenters. The summed E-state index contributed by atoms with van der Waals surface area (Å²) in [4.78, 5) is 38.2. The van der Waals surface area contributed by atoms with Crippen molar-refractivity contribution in [2.45, 2.75) is 45.9 Å². The van der Waals surface area contributed by atoms with Gasteiger partial charge in [0.15, 0.2) is 0 Å². The number of aryl methyl sites for hydroxylation is 1. The van der Waals surface area contributed by atoms with E-state index in [1.807, 2.05) is 26.0 Å². The number of rotatable bonds is 9. The summed E-state index contributed by atoms with van der Waals surface area (Å²) in [5.41, 5.74) is 9.77. The van der Waals surface area contributed by atoms with Crippen LogP contribution in [0.4, 0.5) is 0 Å². The number of esters is 1. The molecule has 0 radical (unpaired) electrons. The average molecular weight is 545 g/mol. The minimum Gasteiger partial charge on any atom is -0.488 e. The van der Waals surface area contributed by atoms with Crippen molar-refractivity contribution in [2.24, 2.45) is 5.73 Å². The first kappa shape index (κ1) is 26.5. The zero-order valence-corrected chi connectivity index (χ0v) is 22.1. The summed E-state index contributed by atoms with van der Waals surface area (Å²) < 4.78 is 12.4. The molecule has 9 nitrogen and oxygen atoms in total. The van der Waals surface area contributed by atoms with Crippen LogP contribution < -0.4 is 10.5 Å². The van der Waals surface area contributed by atoms with Gasteiger partial charge in [0.05, 0.1) is 29.9 Å². The van der Waals surface area contributed by atoms with E-state index in [9.17, 15) is 14.4 Å². The monoisotopic (exact) mass is 544 g/mol. The SMILES string of the molecule is COC(=O)CCC(C(N)=O)N1Cc2c(OCc3cnn(-c4c(Cl)cc(C)cc4Cl)c3C)cccc2C1=O. The molecule has 1 atom stereocenters. The minimum atomic E-state index is -0.948. The molecule has 0 spiro atoms. The molecule has 1 aliphatic heterocycles. The molecule has 0 aliphatic carbocycles. The summed E-state index contributed by atoms with van der Waals surface area (Å²) in [5, 5.41) is 5.42. The molecule has 1 aliphatic rings. The van der Waals surface area contributed by atoms with Crippen LogP contribution in [0.5, 0.6) is 5.75 Å². The van der Waals surface area contributed by atoms with E-state index in [2.05, 4.69) is 9.84 Å². The van der Waals surface area contributed by atoms with Crippen molar-refractivity contribution in [3.8, 4) is 11.4 Å². The van der Waals surface area contributed by atoms with Crippen molar-refractivity contribution in [3.05, 3.63) is 74.5 Å². The molecule has 3 aromatic rings. The number of nitrogens with zero attached hydrogens (tertiary/aromatic N) is 3. The summed E-state index contributed by atoms with van der Waals surface area (Å²) >= 11 is 12.9. The van der Waals surface area contributed by atoms with Gasteiger partial charge in [-0.3, -0.25) is 14.4 Å². The van der Waals surface area contributed by atoms with Gasteiger partial charge in [0.1, 0.15) is 24.1 Å². The number of ether oxygens (including phenoxy) is 2. The summed E-state index contributed by atoms with van der Waals surface area (Å²) in [6.45, 7) is 4.11. The first-order valence-electron chi connectivity index (χ1n) is 11.5. The Morgan fingerprint density at radius 2 is 1.89 bits per heavy atom. The lowest BCUT2D eigenvalue weighted by molar-refractivity contribution is -0.141. The number of methoxy groups -OCH3 is 1. The molecule has 1 aromatic heterocycles. The molecule has 0 saturated heterocycles. The zero-order chi connectivity index (χ0) is 26.9. The molecule has 11 heteroatoms. The molecular formula is C26H26Cl2N4O5. The van der Waals surface area contributed by atoms with E-state index in [1.54, 1.807) is 29.1 Å². The largest absolute Gasteiger partial charge is 0.488 e. The fourth-order valence-corrected chi connectivity index (χ4v) is 5.14. The number of carbonyl (C=O) groups excluding carboxylic acids is 3. The van der Waals surface area contributed by atoms with Crippen molar-refractivity contribution in [1.82, 2.24) is 14.7 Å². The average Bonchev–Trinajstić information content (AvgIpc) is 3.37. The topological polar surface area (TPSA) is 117 Å². The number of nitrogens with two attached hydrogens (primary N) is 1. The standard InChI is InChI=1S/C26H26Cl2N4O5/c1-14-9-19(27)24(20(28)10-14)32-15(2)16(11-30-32)13-37-22-6-4-5-17-18(22)12-31(26(17)35)21(25(29)34)7-8-23(33)36-3/h4-6,9-11,21H,7-8,12-13H2,1-3H3,(H2,29,34). The fraction of sp³-hybridized carbons (Fsp3) is 0.308. The Balaban J connectivity index is 1.54. The van der Waals surface area contributed by atoms with Crippen molar-refractivity contribution < 1.29 is 23.9 Å². The molecule has 2 aromatic carbocycles. The number of halogens is 2. The van der Waals surface area contributed by atoms with E-state index >= 15 is 0 Å². The van der Waals surface area contributed by atoms with Gasteiger partial charge >= 0.3 is 5.97 Å². The molecule has 2 N–H and O–H groups in total. The smallest absolute Gasteiger partial charge is 0.305 e. The second-order valence-electron chi connectivity index (χ2n) is 8.78. The summed E-state index contributed by atoms with van der Waals surface area (Å²) in [6, 6.07) is 7.84. The second-order valence-corrected chi connectivity index (χ2v) is 9.60. The van der Waals surface area contributed by atoms with Gasteiger partial charge in [0.25, 0.3) is 5.91 Å². The van der Waals surface area contributed by atoms with Gasteiger partial charge in [-0.1, -0.05) is 29.3 Å². The maximum Gasteiger partial charge on any atom is 0.305 e. The van der Waals surface area contributed by atoms with Crippen LogP contribution in [0.2, 0.25) is 10.0 Å². The molecule has 37 heavy (non-hydrogen) atoms. The quantitative estimate of drug-likeness (QED) is 0.404. The Morgan fingerprint density at radius 3 is 2.54 bits per heavy atom. The Hall–Kier alpha value is -3.56. The highest BCUT2D eigenvalue weighted by Gasteiger charge is 2.37. The lowest BCUT2D eigenvalue weighted by atomic mass is 10.1. The third-order valence-corrected chi connectivity index (χ3v) is 6.95. The van der Waals surface area contributed by atoms with Crippen molar-refractivity contribution >= 4 is 41.0 Å². The lowest BCUT2D eigenvalue weighted by Gasteiger charge is -2.24. The second kappa shape index (κ2) is 10.8. The predicted molar refractivity (Wildman–Crippen MR) is 138 cm³/mol. The van der Waals surface area contributed by atoms with Crippen LogP contribution in [0.15, 0.2) is 36.5 Å². The number of hydrogen-bond acceptors (Lipinski definition) is 6. The number of carbonyl (C=O) groups is 3. The Morgan fingerprint density at radius 1 is 1.19 bits per heavy atom. The van der Waals surface area contributed by atoms with Gasteiger partial charge in [0, 0.05) is 28.8 Å². The van der Waals surface area contributed by atoms with E-state index < -0.39 is 17.9 Å². The van der Waals surface area contributed by atoms with E-state index in [-0.39, 0.29) is 31.9 Å². The highest BCUT2D eigenvalue weighted by molar-refractivity contribution is 6.37. The third-order valence-electron chi connectivity index (χ3n) is 6.37. The van der Waals surface area contributed by atoms with Crippen molar-refractivity contribution in [1.29, 1.82) is 0 Å². The predicted octanol–water partition coefficient (Wildman–Crippen LogP) is 4.14. The highest BCUT2D eigenvalue weighted by atomic mass is 35.5. The van der Waals surface area contributed by atoms with E-state index in [1.165, 1.54) is 12.0 Å². The van der Waals surface area contributed by atoms with Crippen LogP contribution in [0.1, 0.15) is 45.6 Å². The minimum absolute atomic E-state index is 0.0358. The van der Waals surface area contributed by atoms with Crippen molar-refractivity contribution in [2.75, 3.05) is 7.11 Å². The van der Waals surface area contributed by atoms with Gasteiger partial charge in [0.2, 0.25) is 5.91 Å².